The number of nitrogens with one attached hydrogen (secondary N) is 1. The van der Waals surface area contributed by atoms with E-state index in [0.717, 1.165) is 21.3 Å². The van der Waals surface area contributed by atoms with Crippen LogP contribution in [0.5, 0.6) is 5.75 Å². The molecule has 0 spiro atoms. The van der Waals surface area contributed by atoms with Gasteiger partial charge in [0.15, 0.2) is 0 Å². The Morgan fingerprint density at radius 1 is 0.952 bits per heavy atom. The molecule has 1 heterocycles. The number of pyridine rings is 1. The number of nitrogens with zero attached hydrogens (tertiary/aromatic N) is 1. The van der Waals surface area contributed by atoms with Crippen molar-refractivity contribution in [2.45, 2.75) is 44.8 Å². The lowest BCUT2D eigenvalue weighted by Gasteiger charge is -2.44. The van der Waals surface area contributed by atoms with Crippen molar-refractivity contribution in [1.29, 1.82) is 0 Å². The molecule has 3 atom stereocenters. The highest BCUT2D eigenvalue weighted by Crippen LogP contribution is 2.32. The molecule has 0 fully saturated rings. The molecule has 0 saturated carbocycles. The van der Waals surface area contributed by atoms with Gasteiger partial charge in [0.25, 0.3) is 14.9 Å². The number of amides is 1. The van der Waals surface area contributed by atoms with Crippen LogP contribution in [-0.4, -0.2) is 43.3 Å². The van der Waals surface area contributed by atoms with E-state index < -0.39 is 31.5 Å². The highest BCUT2D eigenvalue weighted by atomic mass is 32.2. The van der Waals surface area contributed by atoms with E-state index in [4.69, 9.17) is 22.0 Å². The zero-order valence-corrected chi connectivity index (χ0v) is 26.4. The normalized spacial score (nSPS) is 14.3. The number of aromatic nitrogens is 1. The van der Waals surface area contributed by atoms with Crippen LogP contribution in [0.3, 0.4) is 0 Å². The second-order valence-electron chi connectivity index (χ2n) is 11.2. The summed E-state index contributed by atoms with van der Waals surface area (Å²) in [5, 5.41) is 6.13. The number of hydrogen-bond donors (Lipinski definition) is 1. The maximum absolute atomic E-state index is 13.7. The number of thioether (sulfide) groups is 1. The van der Waals surface area contributed by atoms with E-state index in [0.29, 0.717) is 11.3 Å². The summed E-state index contributed by atoms with van der Waals surface area (Å²) in [6, 6.07) is 27.7. The highest BCUT2D eigenvalue weighted by Gasteiger charge is 2.45. The second kappa shape index (κ2) is 13.3. The number of rotatable bonds is 10. The Labute approximate surface area is 255 Å². The third-order valence-electron chi connectivity index (χ3n) is 6.79. The van der Waals surface area contributed by atoms with Crippen molar-refractivity contribution in [1.82, 2.24) is 10.3 Å². The number of terminal acetylenes is 2. The molecule has 4 aromatic rings. The highest BCUT2D eigenvalue weighted by molar-refractivity contribution is 7.99. The third kappa shape index (κ3) is 7.24. The molecule has 1 radical (unpaired) electrons. The lowest BCUT2D eigenvalue weighted by atomic mass is 9.77. The third-order valence-corrected chi connectivity index (χ3v) is 9.72. The van der Waals surface area contributed by atoms with Crippen LogP contribution in [0.2, 0.25) is 0 Å². The molecule has 3 aromatic carbocycles. The first-order valence-electron chi connectivity index (χ1n) is 13.6. The average molecular weight is 592 g/mol. The smallest absolute Gasteiger partial charge is 0.283 e. The van der Waals surface area contributed by atoms with Gasteiger partial charge in [-0.25, -0.2) is 0 Å². The number of benzene rings is 3. The predicted octanol–water partition coefficient (Wildman–Crippen LogP) is 5.03. The first-order valence-corrected chi connectivity index (χ1v) is 16.3. The van der Waals surface area contributed by atoms with Gasteiger partial charge in [-0.3, -0.25) is 9.78 Å². The Bertz CT molecular complexity index is 1570. The van der Waals surface area contributed by atoms with Crippen molar-refractivity contribution < 1.29 is 14.0 Å². The Morgan fingerprint density at radius 2 is 1.57 bits per heavy atom. The first-order chi connectivity index (χ1) is 20.1. The lowest BCUT2D eigenvalue weighted by Crippen LogP contribution is -2.63. The molecular weight excluding hydrogens is 557 g/mol. The number of hydrogen-bond acceptors (Lipinski definition) is 5. The summed E-state index contributed by atoms with van der Waals surface area (Å²) in [7, 11) is -1.71. The molecule has 7 heteroatoms. The maximum atomic E-state index is 13.7. The minimum atomic E-state index is -1.71. The number of fused-ring (bicyclic) bond motifs is 1. The molecule has 0 aliphatic carbocycles. The van der Waals surface area contributed by atoms with Gasteiger partial charge in [-0.2, -0.15) is 0 Å². The van der Waals surface area contributed by atoms with Crippen LogP contribution in [-0.2, 0) is 9.22 Å². The Kier molecular flexibility index (Phi) is 9.80. The molecule has 42 heavy (non-hydrogen) atoms. The van der Waals surface area contributed by atoms with Crippen molar-refractivity contribution in [3.63, 3.8) is 0 Å². The van der Waals surface area contributed by atoms with E-state index in [1.807, 2.05) is 67.8 Å². The predicted molar refractivity (Wildman–Crippen MR) is 175 cm³/mol. The molecule has 1 amide bonds. The van der Waals surface area contributed by atoms with E-state index in [-0.39, 0.29) is 5.91 Å². The quantitative estimate of drug-likeness (QED) is 0.159. The average Bonchev–Trinajstić information content (AvgIpc) is 2.99. The maximum Gasteiger partial charge on any atom is 0.283 e. The van der Waals surface area contributed by atoms with E-state index in [2.05, 4.69) is 67.2 Å². The van der Waals surface area contributed by atoms with Crippen LogP contribution < -0.4 is 20.4 Å². The molecule has 1 N–H and O–H groups in total. The van der Waals surface area contributed by atoms with E-state index >= 15 is 0 Å². The Morgan fingerprint density at radius 3 is 2.10 bits per heavy atom. The summed E-state index contributed by atoms with van der Waals surface area (Å²) >= 11 is 1.28. The van der Waals surface area contributed by atoms with Crippen LogP contribution in [0.4, 0.5) is 0 Å². The molecule has 4 rings (SSSR count). The van der Waals surface area contributed by atoms with Crippen LogP contribution >= 0.6 is 11.8 Å². The molecule has 1 aromatic heterocycles. The fourth-order valence-electron chi connectivity index (χ4n) is 4.85. The largest absolute Gasteiger partial charge is 0.470 e. The number of ether oxygens (including phenoxy) is 1. The zero-order valence-electron chi connectivity index (χ0n) is 24.5. The summed E-state index contributed by atoms with van der Waals surface area (Å²) < 4.78 is 13.2. The molecule has 0 bridgehead atoms. The summed E-state index contributed by atoms with van der Waals surface area (Å²) in [5.41, 5.74) is -0.951. The van der Waals surface area contributed by atoms with Gasteiger partial charge in [0.2, 0.25) is 5.44 Å². The van der Waals surface area contributed by atoms with Crippen LogP contribution in [0.1, 0.15) is 33.3 Å². The second-order valence-corrected chi connectivity index (χ2v) is 14.1. The fraction of sp³-hybridized carbons (Fsp3) is 0.257. The van der Waals surface area contributed by atoms with Crippen molar-refractivity contribution >= 4 is 48.0 Å². The fourth-order valence-corrected chi connectivity index (χ4v) is 7.75. The SMILES string of the molecule is C#Cc1cnc2ccc(OC(SC)C(=O)NC(C)(C#C)C(O[Si](c3ccccc3)c3ccccc3)C(C)(C)C)cc2c1. The van der Waals surface area contributed by atoms with Gasteiger partial charge in [-0.05, 0) is 53.2 Å². The minimum Gasteiger partial charge on any atom is -0.470 e. The summed E-state index contributed by atoms with van der Waals surface area (Å²) in [4.78, 5) is 18.1. The van der Waals surface area contributed by atoms with Crippen molar-refractivity contribution in [3.8, 4) is 30.4 Å². The topological polar surface area (TPSA) is 60.5 Å². The van der Waals surface area contributed by atoms with Crippen molar-refractivity contribution in [3.05, 3.63) is 96.7 Å². The van der Waals surface area contributed by atoms with Crippen molar-refractivity contribution in [2.24, 2.45) is 5.41 Å². The van der Waals surface area contributed by atoms with E-state index in [9.17, 15) is 4.79 Å². The molecule has 3 unspecified atom stereocenters. The molecule has 0 aliphatic heterocycles. The van der Waals surface area contributed by atoms with Gasteiger partial charge in [-0.15, -0.1) is 24.6 Å². The standard InChI is InChI=1S/C35H35N2O3SSi/c1-8-25-22-26-23-27(20-21-30(26)36-24-25)39-32(41-7)31(38)37-35(6,9-2)33(34(3,4)5)40-42(28-16-12-10-13-17-28)29-18-14-11-15-19-29/h1-2,10-24,32-33H,3-7H3,(H,37,38). The van der Waals surface area contributed by atoms with Gasteiger partial charge in [0, 0.05) is 17.1 Å². The van der Waals surface area contributed by atoms with Gasteiger partial charge in [-0.1, -0.05) is 93.3 Å². The number of carbonyl (C=O) groups is 1. The molecule has 0 saturated heterocycles. The summed E-state index contributed by atoms with van der Waals surface area (Å²) in [5.74, 6) is 5.65. The zero-order chi connectivity index (χ0) is 30.3. The minimum absolute atomic E-state index is 0.343. The Hall–Kier alpha value is -4.01. The monoisotopic (exact) mass is 591 g/mol. The molecule has 5 nitrogen and oxygen atoms in total. The summed E-state index contributed by atoms with van der Waals surface area (Å²) in [6.45, 7) is 8.07. The lowest BCUT2D eigenvalue weighted by molar-refractivity contribution is -0.127. The van der Waals surface area contributed by atoms with Gasteiger partial charge in [0.1, 0.15) is 11.3 Å². The molecule has 213 valence electrons. The van der Waals surface area contributed by atoms with Gasteiger partial charge < -0.3 is 14.5 Å². The molecule has 0 aliphatic rings. The molecular formula is C35H35N2O3SSi. The first kappa shape index (κ1) is 30.9. The van der Waals surface area contributed by atoms with Crippen LogP contribution in [0.25, 0.3) is 10.9 Å². The van der Waals surface area contributed by atoms with E-state index in [1.165, 1.54) is 11.8 Å². The summed E-state index contributed by atoms with van der Waals surface area (Å²) in [6.07, 6.45) is 14.7. The van der Waals surface area contributed by atoms with Gasteiger partial charge >= 0.3 is 0 Å². The Balaban J connectivity index is 1.61. The van der Waals surface area contributed by atoms with Crippen LogP contribution in [0.15, 0.2) is 91.1 Å². The van der Waals surface area contributed by atoms with Gasteiger partial charge in [0.05, 0.1) is 11.6 Å². The van der Waals surface area contributed by atoms with E-state index in [1.54, 1.807) is 12.3 Å². The number of carbonyl (C=O) groups excluding carboxylic acids is 1. The van der Waals surface area contributed by atoms with Crippen molar-refractivity contribution in [2.75, 3.05) is 6.26 Å². The van der Waals surface area contributed by atoms with Crippen LogP contribution in [0, 0.1) is 30.1 Å².